The number of morpholine rings is 1. The minimum absolute atomic E-state index is 0.108. The van der Waals surface area contributed by atoms with Gasteiger partial charge in [-0.15, -0.1) is 0 Å². The number of anilines is 1. The van der Waals surface area contributed by atoms with Gasteiger partial charge in [-0.05, 0) is 5.56 Å². The lowest BCUT2D eigenvalue weighted by Gasteiger charge is -2.28. The Morgan fingerprint density at radius 2 is 1.70 bits per heavy atom. The number of nitrogens with one attached hydrogen (secondary N) is 1. The molecule has 1 aliphatic heterocycles. The maximum atomic E-state index is 12.5. The zero-order valence-corrected chi connectivity index (χ0v) is 18.7. The number of hydrogen-bond acceptors (Lipinski definition) is 6. The van der Waals surface area contributed by atoms with Crippen LogP contribution in [0.25, 0.3) is 21.7 Å². The Bertz CT molecular complexity index is 946. The molecule has 0 spiro atoms. The number of thiocarbonyl (C=S) groups is 1. The van der Waals surface area contributed by atoms with Gasteiger partial charge < -0.3 is 15.0 Å². The lowest BCUT2D eigenvalue weighted by Crippen LogP contribution is -2.39. The molecule has 5 nitrogen and oxygen atoms in total. The van der Waals surface area contributed by atoms with Crippen molar-refractivity contribution in [2.45, 2.75) is 0 Å². The van der Waals surface area contributed by atoms with Crippen molar-refractivity contribution >= 4 is 50.7 Å². The van der Waals surface area contributed by atoms with E-state index in [0.29, 0.717) is 18.3 Å². The number of benzene rings is 2. The van der Waals surface area contributed by atoms with Crippen LogP contribution in [0.5, 0.6) is 0 Å². The molecule has 0 aliphatic carbocycles. The van der Waals surface area contributed by atoms with Crippen LogP contribution >= 0.6 is 35.3 Å². The van der Waals surface area contributed by atoms with Gasteiger partial charge in [0.2, 0.25) is 5.91 Å². The molecule has 1 aliphatic rings. The topological polar surface area (TPSA) is 54.5 Å². The van der Waals surface area contributed by atoms with E-state index in [1.165, 1.54) is 23.1 Å². The van der Waals surface area contributed by atoms with Gasteiger partial charge in [-0.1, -0.05) is 96.0 Å². The standard InChI is InChI=1S/C22H21N3O2S3/c26-18(15-29-22(28)25-11-13-27-14-12-25)23-21-24-19(16-7-3-1-4-8-16)20(30-21)17-9-5-2-6-10-17/h1-10H,11-15H2,(H,23,24,26). The Kier molecular flexibility index (Phi) is 7.11. The van der Waals surface area contributed by atoms with E-state index in [9.17, 15) is 4.79 Å². The van der Waals surface area contributed by atoms with Crippen molar-refractivity contribution in [3.8, 4) is 21.7 Å². The Hall–Kier alpha value is -2.26. The number of hydrogen-bond donors (Lipinski definition) is 1. The van der Waals surface area contributed by atoms with Crippen molar-refractivity contribution in [3.63, 3.8) is 0 Å². The fourth-order valence-corrected chi connectivity index (χ4v) is 5.13. The zero-order chi connectivity index (χ0) is 20.8. The number of amides is 1. The third-order valence-electron chi connectivity index (χ3n) is 4.55. The van der Waals surface area contributed by atoms with Crippen LogP contribution in [-0.4, -0.2) is 52.2 Å². The first-order valence-corrected chi connectivity index (χ1v) is 11.8. The Balaban J connectivity index is 1.47. The maximum absolute atomic E-state index is 12.5. The number of aromatic nitrogens is 1. The van der Waals surface area contributed by atoms with Crippen molar-refractivity contribution in [1.29, 1.82) is 0 Å². The highest BCUT2D eigenvalue weighted by Gasteiger charge is 2.18. The van der Waals surface area contributed by atoms with Gasteiger partial charge in [-0.25, -0.2) is 4.98 Å². The second-order valence-corrected chi connectivity index (χ2v) is 9.24. The van der Waals surface area contributed by atoms with Crippen molar-refractivity contribution < 1.29 is 9.53 Å². The van der Waals surface area contributed by atoms with Crippen LogP contribution in [-0.2, 0) is 9.53 Å². The summed E-state index contributed by atoms with van der Waals surface area (Å²) in [4.78, 5) is 20.4. The quantitative estimate of drug-likeness (QED) is 0.560. The summed E-state index contributed by atoms with van der Waals surface area (Å²) in [5.41, 5.74) is 2.98. The third kappa shape index (κ3) is 5.26. The average molecular weight is 456 g/mol. The molecule has 2 aromatic carbocycles. The van der Waals surface area contributed by atoms with Crippen LogP contribution in [0.2, 0.25) is 0 Å². The lowest BCUT2D eigenvalue weighted by atomic mass is 10.1. The summed E-state index contributed by atoms with van der Waals surface area (Å²) in [7, 11) is 0. The number of rotatable bonds is 5. The predicted molar refractivity (Wildman–Crippen MR) is 129 cm³/mol. The second-order valence-electron chi connectivity index (χ2n) is 6.63. The van der Waals surface area contributed by atoms with E-state index in [4.69, 9.17) is 21.9 Å². The molecular formula is C22H21N3O2S3. The van der Waals surface area contributed by atoms with E-state index in [2.05, 4.69) is 22.3 Å². The molecule has 0 atom stereocenters. The molecule has 0 bridgehead atoms. The second kappa shape index (κ2) is 10.2. The average Bonchev–Trinajstić information content (AvgIpc) is 3.23. The summed E-state index contributed by atoms with van der Waals surface area (Å²) >= 11 is 8.32. The Morgan fingerprint density at radius 3 is 2.37 bits per heavy atom. The van der Waals surface area contributed by atoms with Crippen LogP contribution in [0, 0.1) is 0 Å². The fraction of sp³-hybridized carbons (Fsp3) is 0.227. The highest BCUT2D eigenvalue weighted by Crippen LogP contribution is 2.38. The molecule has 3 aromatic rings. The summed E-state index contributed by atoms with van der Waals surface area (Å²) in [5.74, 6) is 0.153. The molecule has 1 amide bonds. The zero-order valence-electron chi connectivity index (χ0n) is 16.2. The van der Waals surface area contributed by atoms with Gasteiger partial charge in [0, 0.05) is 18.7 Å². The first-order valence-electron chi connectivity index (χ1n) is 9.61. The number of ether oxygens (including phenoxy) is 1. The highest BCUT2D eigenvalue weighted by molar-refractivity contribution is 8.23. The van der Waals surface area contributed by atoms with E-state index in [-0.39, 0.29) is 11.7 Å². The molecule has 30 heavy (non-hydrogen) atoms. The lowest BCUT2D eigenvalue weighted by molar-refractivity contribution is -0.113. The van der Waals surface area contributed by atoms with Crippen molar-refractivity contribution in [2.24, 2.45) is 0 Å². The molecule has 0 unspecified atom stereocenters. The van der Waals surface area contributed by atoms with Crippen molar-refractivity contribution in [2.75, 3.05) is 37.4 Å². The number of thioether (sulfide) groups is 1. The molecule has 1 saturated heterocycles. The SMILES string of the molecule is O=C(CSC(=S)N1CCOCC1)Nc1nc(-c2ccccc2)c(-c2ccccc2)s1. The van der Waals surface area contributed by atoms with Gasteiger partial charge in [0.05, 0.1) is 29.5 Å². The molecule has 154 valence electrons. The molecule has 0 saturated carbocycles. The fourth-order valence-electron chi connectivity index (χ4n) is 3.07. The minimum Gasteiger partial charge on any atom is -0.378 e. The van der Waals surface area contributed by atoms with Gasteiger partial charge in [0.1, 0.15) is 4.32 Å². The smallest absolute Gasteiger partial charge is 0.236 e. The molecule has 1 aromatic heterocycles. The van der Waals surface area contributed by atoms with Gasteiger partial charge in [0.15, 0.2) is 5.13 Å². The van der Waals surface area contributed by atoms with Gasteiger partial charge >= 0.3 is 0 Å². The summed E-state index contributed by atoms with van der Waals surface area (Å²) in [6.07, 6.45) is 0. The monoisotopic (exact) mass is 455 g/mol. The van der Waals surface area contributed by atoms with Crippen LogP contribution in [0.3, 0.4) is 0 Å². The molecule has 0 radical (unpaired) electrons. The molecule has 4 rings (SSSR count). The first-order chi connectivity index (χ1) is 14.7. The van der Waals surface area contributed by atoms with Gasteiger partial charge in [-0.2, -0.15) is 0 Å². The third-order valence-corrected chi connectivity index (χ3v) is 7.10. The highest BCUT2D eigenvalue weighted by atomic mass is 32.2. The minimum atomic E-state index is -0.108. The van der Waals surface area contributed by atoms with Gasteiger partial charge in [-0.3, -0.25) is 4.79 Å². The Morgan fingerprint density at radius 1 is 1.07 bits per heavy atom. The number of thiazole rings is 1. The van der Waals surface area contributed by atoms with E-state index in [1.54, 1.807) is 0 Å². The number of carbonyl (C=O) groups is 1. The van der Waals surface area contributed by atoms with Crippen molar-refractivity contribution in [3.05, 3.63) is 60.7 Å². The summed E-state index contributed by atoms with van der Waals surface area (Å²) < 4.78 is 6.08. The number of nitrogens with zero attached hydrogens (tertiary/aromatic N) is 2. The van der Waals surface area contributed by atoms with Gasteiger partial charge in [0.25, 0.3) is 0 Å². The van der Waals surface area contributed by atoms with E-state index in [1.807, 2.05) is 48.5 Å². The summed E-state index contributed by atoms with van der Waals surface area (Å²) in [5, 5.41) is 3.54. The van der Waals surface area contributed by atoms with Crippen molar-refractivity contribution in [1.82, 2.24) is 9.88 Å². The molecule has 2 heterocycles. The summed E-state index contributed by atoms with van der Waals surface area (Å²) in [6, 6.07) is 20.1. The maximum Gasteiger partial charge on any atom is 0.236 e. The van der Waals surface area contributed by atoms with Crippen LogP contribution in [0.1, 0.15) is 0 Å². The van der Waals surface area contributed by atoms with E-state index >= 15 is 0 Å². The van der Waals surface area contributed by atoms with E-state index in [0.717, 1.165) is 39.1 Å². The van der Waals surface area contributed by atoms with Crippen LogP contribution in [0.15, 0.2) is 60.7 Å². The molecule has 1 fully saturated rings. The predicted octanol–water partition coefficient (Wildman–Crippen LogP) is 4.77. The van der Waals surface area contributed by atoms with Crippen LogP contribution < -0.4 is 5.32 Å². The molecule has 1 N–H and O–H groups in total. The normalized spacial score (nSPS) is 13.8. The Labute approximate surface area is 189 Å². The summed E-state index contributed by atoms with van der Waals surface area (Å²) in [6.45, 7) is 2.91. The largest absolute Gasteiger partial charge is 0.378 e. The first kappa shape index (κ1) is 21.0. The van der Waals surface area contributed by atoms with Crippen LogP contribution in [0.4, 0.5) is 5.13 Å². The number of carbonyl (C=O) groups excluding carboxylic acids is 1. The van der Waals surface area contributed by atoms with E-state index < -0.39 is 0 Å². The molecule has 8 heteroatoms. The molecular weight excluding hydrogens is 434 g/mol.